The molecule has 0 radical (unpaired) electrons. The van der Waals surface area contributed by atoms with Gasteiger partial charge in [-0.1, -0.05) is 22.0 Å². The van der Waals surface area contributed by atoms with Crippen LogP contribution in [0.1, 0.15) is 21.5 Å². The lowest BCUT2D eigenvalue weighted by Crippen LogP contribution is -2.23. The van der Waals surface area contributed by atoms with Gasteiger partial charge in [0.1, 0.15) is 0 Å². The van der Waals surface area contributed by atoms with Crippen molar-refractivity contribution < 1.29 is 4.79 Å². The van der Waals surface area contributed by atoms with E-state index in [2.05, 4.69) is 20.9 Å². The molecule has 2 heterocycles. The maximum atomic E-state index is 12.3. The average Bonchev–Trinajstić information content (AvgIpc) is 2.71. The summed E-state index contributed by atoms with van der Waals surface area (Å²) in [5.41, 5.74) is 3.77. The summed E-state index contributed by atoms with van der Waals surface area (Å²) in [6.07, 6.45) is 3.37. The maximum absolute atomic E-state index is 12.3. The van der Waals surface area contributed by atoms with Crippen molar-refractivity contribution in [3.05, 3.63) is 57.8 Å². The van der Waals surface area contributed by atoms with Crippen LogP contribution in [-0.2, 0) is 6.54 Å². The monoisotopic (exact) mass is 302 g/mol. The van der Waals surface area contributed by atoms with Gasteiger partial charge in [-0.3, -0.25) is 9.78 Å². The molecule has 1 amide bonds. The van der Waals surface area contributed by atoms with Crippen LogP contribution in [0.2, 0.25) is 0 Å². The van der Waals surface area contributed by atoms with Gasteiger partial charge in [-0.15, -0.1) is 0 Å². The van der Waals surface area contributed by atoms with Gasteiger partial charge in [0.25, 0.3) is 5.91 Å². The van der Waals surface area contributed by atoms with E-state index in [1.165, 1.54) is 0 Å². The van der Waals surface area contributed by atoms with Crippen molar-refractivity contribution in [2.24, 2.45) is 0 Å². The summed E-state index contributed by atoms with van der Waals surface area (Å²) < 4.78 is 1.02. The van der Waals surface area contributed by atoms with Crippen molar-refractivity contribution in [2.75, 3.05) is 4.90 Å². The number of carbonyl (C=O) groups excluding carboxylic acids is 1. The smallest absolute Gasteiger partial charge is 0.260 e. The Hall–Kier alpha value is -1.68. The zero-order chi connectivity index (χ0) is 12.7. The van der Waals surface area contributed by atoms with Crippen LogP contribution < -0.4 is 4.90 Å². The molecule has 0 saturated heterocycles. The summed E-state index contributed by atoms with van der Waals surface area (Å²) in [5.74, 6) is 0.0271. The maximum Gasteiger partial charge on any atom is 0.260 e. The molecule has 4 heteroatoms. The second kappa shape index (κ2) is 4.21. The van der Waals surface area contributed by atoms with E-state index in [0.717, 1.165) is 21.3 Å². The lowest BCUT2D eigenvalue weighted by molar-refractivity contribution is 0.0996. The molecule has 0 fully saturated rings. The number of benzene rings is 1. The van der Waals surface area contributed by atoms with Gasteiger partial charge in [-0.25, -0.2) is 0 Å². The number of rotatable bonds is 1. The van der Waals surface area contributed by atoms with Crippen LogP contribution in [0.4, 0.5) is 5.69 Å². The van der Waals surface area contributed by atoms with Crippen LogP contribution in [0, 0.1) is 6.92 Å². The van der Waals surface area contributed by atoms with Crippen molar-refractivity contribution in [1.82, 2.24) is 4.98 Å². The number of amides is 1. The van der Waals surface area contributed by atoms with Crippen molar-refractivity contribution in [3.63, 3.8) is 0 Å². The number of hydrogen-bond donors (Lipinski definition) is 0. The van der Waals surface area contributed by atoms with Crippen LogP contribution in [0.15, 0.2) is 41.1 Å². The van der Waals surface area contributed by atoms with E-state index in [9.17, 15) is 4.79 Å². The molecule has 0 saturated carbocycles. The minimum atomic E-state index is 0.0271. The van der Waals surface area contributed by atoms with Gasteiger partial charge in [0, 0.05) is 22.6 Å². The Morgan fingerprint density at radius 1 is 1.33 bits per heavy atom. The molecule has 3 nitrogen and oxygen atoms in total. The molecule has 1 aromatic carbocycles. The van der Waals surface area contributed by atoms with Gasteiger partial charge in [0.05, 0.1) is 12.1 Å². The third kappa shape index (κ3) is 1.64. The van der Waals surface area contributed by atoms with E-state index >= 15 is 0 Å². The van der Waals surface area contributed by atoms with Crippen LogP contribution in [0.25, 0.3) is 0 Å². The largest absolute Gasteiger partial charge is 0.304 e. The quantitative estimate of drug-likeness (QED) is 0.810. The summed E-state index contributed by atoms with van der Waals surface area (Å²) in [5, 5.41) is 0. The first-order valence-corrected chi connectivity index (χ1v) is 6.47. The highest BCUT2D eigenvalue weighted by atomic mass is 79.9. The van der Waals surface area contributed by atoms with Crippen LogP contribution in [-0.4, -0.2) is 10.9 Å². The number of aromatic nitrogens is 1. The number of halogens is 1. The zero-order valence-electron chi connectivity index (χ0n) is 9.85. The van der Waals surface area contributed by atoms with Crippen molar-refractivity contribution in [1.29, 1.82) is 0 Å². The Kier molecular flexibility index (Phi) is 2.67. The molecule has 1 aliphatic heterocycles. The van der Waals surface area contributed by atoms with Gasteiger partial charge in [-0.05, 0) is 36.2 Å². The van der Waals surface area contributed by atoms with Gasteiger partial charge in [-0.2, -0.15) is 0 Å². The Morgan fingerprint density at radius 2 is 2.17 bits per heavy atom. The van der Waals surface area contributed by atoms with E-state index in [4.69, 9.17) is 0 Å². The average molecular weight is 303 g/mol. The predicted molar refractivity (Wildman–Crippen MR) is 73.6 cm³/mol. The summed E-state index contributed by atoms with van der Waals surface area (Å²) >= 11 is 3.50. The fraction of sp³-hybridized carbons (Fsp3) is 0.143. The van der Waals surface area contributed by atoms with Crippen LogP contribution in [0.5, 0.6) is 0 Å². The standard InChI is InChI=1S/C14H11BrN2O/c1-9-12(15)3-2-4-13(9)17-8-10-5-6-16-7-11(10)14(17)18/h2-7H,8H2,1H3. The Balaban J connectivity index is 2.07. The first kappa shape index (κ1) is 11.4. The Bertz CT molecular complexity index is 639. The molecule has 0 unspecified atom stereocenters. The summed E-state index contributed by atoms with van der Waals surface area (Å²) in [6, 6.07) is 7.80. The molecule has 0 bridgehead atoms. The van der Waals surface area contributed by atoms with E-state index in [1.807, 2.05) is 31.2 Å². The van der Waals surface area contributed by atoms with Crippen molar-refractivity contribution >= 4 is 27.5 Å². The molecule has 1 aromatic heterocycles. The highest BCUT2D eigenvalue weighted by molar-refractivity contribution is 9.10. The second-order valence-electron chi connectivity index (χ2n) is 4.31. The first-order chi connectivity index (χ1) is 8.68. The number of nitrogens with zero attached hydrogens (tertiary/aromatic N) is 2. The molecular formula is C14H11BrN2O. The molecule has 1 aliphatic rings. The molecule has 18 heavy (non-hydrogen) atoms. The minimum absolute atomic E-state index is 0.0271. The molecule has 3 rings (SSSR count). The molecule has 90 valence electrons. The topological polar surface area (TPSA) is 33.2 Å². The van der Waals surface area contributed by atoms with Gasteiger partial charge < -0.3 is 4.90 Å². The van der Waals surface area contributed by atoms with Gasteiger partial charge >= 0.3 is 0 Å². The number of anilines is 1. The number of carbonyl (C=O) groups is 1. The van der Waals surface area contributed by atoms with Crippen LogP contribution in [0.3, 0.4) is 0 Å². The van der Waals surface area contributed by atoms with E-state index in [0.29, 0.717) is 12.1 Å². The normalized spacial score (nSPS) is 13.9. The van der Waals surface area contributed by atoms with E-state index in [-0.39, 0.29) is 5.91 Å². The third-order valence-corrected chi connectivity index (χ3v) is 4.10. The van der Waals surface area contributed by atoms with Crippen LogP contribution >= 0.6 is 15.9 Å². The SMILES string of the molecule is Cc1c(Br)cccc1N1Cc2ccncc2C1=O. The molecule has 0 aliphatic carbocycles. The van der Waals surface area contributed by atoms with E-state index in [1.54, 1.807) is 17.3 Å². The summed E-state index contributed by atoms with van der Waals surface area (Å²) in [6.45, 7) is 2.63. The zero-order valence-corrected chi connectivity index (χ0v) is 11.4. The highest BCUT2D eigenvalue weighted by Gasteiger charge is 2.29. The third-order valence-electron chi connectivity index (χ3n) is 3.25. The number of pyridine rings is 1. The molecule has 0 spiro atoms. The Morgan fingerprint density at radius 3 is 2.94 bits per heavy atom. The van der Waals surface area contributed by atoms with Crippen molar-refractivity contribution in [2.45, 2.75) is 13.5 Å². The molecule has 0 N–H and O–H groups in total. The van der Waals surface area contributed by atoms with Crippen molar-refractivity contribution in [3.8, 4) is 0 Å². The predicted octanol–water partition coefficient (Wildman–Crippen LogP) is 3.31. The van der Waals surface area contributed by atoms with E-state index < -0.39 is 0 Å². The summed E-state index contributed by atoms with van der Waals surface area (Å²) in [4.78, 5) is 18.1. The molecule has 2 aromatic rings. The molecule has 0 atom stereocenters. The number of hydrogen-bond acceptors (Lipinski definition) is 2. The lowest BCUT2D eigenvalue weighted by Gasteiger charge is -2.18. The highest BCUT2D eigenvalue weighted by Crippen LogP contribution is 2.32. The molecular weight excluding hydrogens is 292 g/mol. The fourth-order valence-electron chi connectivity index (χ4n) is 2.22. The number of fused-ring (bicyclic) bond motifs is 1. The minimum Gasteiger partial charge on any atom is -0.304 e. The lowest BCUT2D eigenvalue weighted by atomic mass is 10.2. The van der Waals surface area contributed by atoms with Gasteiger partial charge in [0.15, 0.2) is 0 Å². The Labute approximate surface area is 114 Å². The first-order valence-electron chi connectivity index (χ1n) is 5.68. The second-order valence-corrected chi connectivity index (χ2v) is 5.16. The fourth-order valence-corrected chi connectivity index (χ4v) is 2.58. The van der Waals surface area contributed by atoms with Gasteiger partial charge in [0.2, 0.25) is 0 Å². The summed E-state index contributed by atoms with van der Waals surface area (Å²) in [7, 11) is 0.